The van der Waals surface area contributed by atoms with E-state index in [1.807, 2.05) is 0 Å². The van der Waals surface area contributed by atoms with Gasteiger partial charge in [0.2, 0.25) is 5.91 Å². The molecule has 0 spiro atoms. The zero-order valence-electron chi connectivity index (χ0n) is 10.0. The maximum atomic E-state index is 11.5. The lowest BCUT2D eigenvalue weighted by molar-refractivity contribution is -0.119. The van der Waals surface area contributed by atoms with Crippen LogP contribution < -0.4 is 16.0 Å². The average molecular weight is 239 g/mol. The number of ether oxygens (including phenoxy) is 1. The van der Waals surface area contributed by atoms with Gasteiger partial charge < -0.3 is 20.7 Å². The highest BCUT2D eigenvalue weighted by molar-refractivity contribution is 5.80. The SMILES string of the molecule is COCCNC(=O)CN(C)c1cncc(N)n1. The van der Waals surface area contributed by atoms with Gasteiger partial charge in [-0.3, -0.25) is 9.78 Å². The van der Waals surface area contributed by atoms with Crippen molar-refractivity contribution < 1.29 is 9.53 Å². The lowest BCUT2D eigenvalue weighted by Crippen LogP contribution is -2.37. The van der Waals surface area contributed by atoms with Gasteiger partial charge in [0.1, 0.15) is 11.6 Å². The zero-order valence-corrected chi connectivity index (χ0v) is 10.0. The van der Waals surface area contributed by atoms with E-state index in [9.17, 15) is 4.79 Å². The van der Waals surface area contributed by atoms with Crippen molar-refractivity contribution in [1.29, 1.82) is 0 Å². The van der Waals surface area contributed by atoms with Crippen molar-refractivity contribution in [3.05, 3.63) is 12.4 Å². The molecule has 0 saturated heterocycles. The van der Waals surface area contributed by atoms with Gasteiger partial charge in [-0.1, -0.05) is 0 Å². The summed E-state index contributed by atoms with van der Waals surface area (Å²) in [7, 11) is 3.33. The first-order valence-electron chi connectivity index (χ1n) is 5.17. The number of hydrogen-bond acceptors (Lipinski definition) is 6. The summed E-state index contributed by atoms with van der Waals surface area (Å²) in [6.07, 6.45) is 3.01. The maximum absolute atomic E-state index is 11.5. The Morgan fingerprint density at radius 2 is 2.35 bits per heavy atom. The lowest BCUT2D eigenvalue weighted by atomic mass is 10.4. The molecule has 7 nitrogen and oxygen atoms in total. The number of nitrogens with two attached hydrogens (primary N) is 1. The van der Waals surface area contributed by atoms with Crippen LogP contribution in [0.15, 0.2) is 12.4 Å². The number of nitrogens with one attached hydrogen (secondary N) is 1. The molecule has 1 amide bonds. The van der Waals surface area contributed by atoms with Crippen LogP contribution in [0.2, 0.25) is 0 Å². The second kappa shape index (κ2) is 6.64. The van der Waals surface area contributed by atoms with Crippen LogP contribution in [0.5, 0.6) is 0 Å². The Balaban J connectivity index is 2.43. The molecule has 3 N–H and O–H groups in total. The number of aromatic nitrogens is 2. The summed E-state index contributed by atoms with van der Waals surface area (Å²) in [6, 6.07) is 0. The average Bonchev–Trinajstić information content (AvgIpc) is 2.29. The van der Waals surface area contributed by atoms with E-state index in [1.165, 1.54) is 6.20 Å². The van der Waals surface area contributed by atoms with Crippen molar-refractivity contribution in [2.45, 2.75) is 0 Å². The molecule has 1 aromatic heterocycles. The normalized spacial score (nSPS) is 10.0. The fraction of sp³-hybridized carbons (Fsp3) is 0.500. The monoisotopic (exact) mass is 239 g/mol. The Hall–Kier alpha value is -1.89. The maximum Gasteiger partial charge on any atom is 0.239 e. The molecule has 0 atom stereocenters. The summed E-state index contributed by atoms with van der Waals surface area (Å²) >= 11 is 0. The van der Waals surface area contributed by atoms with E-state index in [4.69, 9.17) is 10.5 Å². The summed E-state index contributed by atoms with van der Waals surface area (Å²) in [6.45, 7) is 1.18. The van der Waals surface area contributed by atoms with Gasteiger partial charge in [-0.2, -0.15) is 0 Å². The van der Waals surface area contributed by atoms with Gasteiger partial charge in [0.15, 0.2) is 0 Å². The Bertz CT molecular complexity index is 371. The third-order valence-corrected chi connectivity index (χ3v) is 2.04. The van der Waals surface area contributed by atoms with Gasteiger partial charge in [-0.05, 0) is 0 Å². The molecule has 0 aliphatic rings. The van der Waals surface area contributed by atoms with E-state index in [-0.39, 0.29) is 12.5 Å². The minimum Gasteiger partial charge on any atom is -0.383 e. The zero-order chi connectivity index (χ0) is 12.7. The number of nitrogens with zero attached hydrogens (tertiary/aromatic N) is 3. The molecule has 0 saturated carbocycles. The summed E-state index contributed by atoms with van der Waals surface area (Å²) in [5.74, 6) is 0.787. The largest absolute Gasteiger partial charge is 0.383 e. The van der Waals surface area contributed by atoms with Crippen molar-refractivity contribution in [3.63, 3.8) is 0 Å². The number of amides is 1. The molecule has 0 radical (unpaired) electrons. The van der Waals surface area contributed by atoms with Gasteiger partial charge >= 0.3 is 0 Å². The van der Waals surface area contributed by atoms with Crippen LogP contribution in [0.3, 0.4) is 0 Å². The van der Waals surface area contributed by atoms with E-state index in [0.717, 1.165) is 0 Å². The number of carbonyl (C=O) groups excluding carboxylic acids is 1. The predicted molar refractivity (Wildman–Crippen MR) is 64.6 cm³/mol. The molecule has 94 valence electrons. The molecule has 1 rings (SSSR count). The van der Waals surface area contributed by atoms with Crippen molar-refractivity contribution in [1.82, 2.24) is 15.3 Å². The van der Waals surface area contributed by atoms with Crippen LogP contribution in [0.4, 0.5) is 11.6 Å². The lowest BCUT2D eigenvalue weighted by Gasteiger charge is -2.17. The van der Waals surface area contributed by atoms with E-state index in [0.29, 0.717) is 24.8 Å². The fourth-order valence-corrected chi connectivity index (χ4v) is 1.20. The van der Waals surface area contributed by atoms with E-state index in [1.54, 1.807) is 25.3 Å². The highest BCUT2D eigenvalue weighted by Crippen LogP contribution is 2.07. The third-order valence-electron chi connectivity index (χ3n) is 2.04. The van der Waals surface area contributed by atoms with Crippen LogP contribution in [-0.4, -0.2) is 49.7 Å². The van der Waals surface area contributed by atoms with Crippen LogP contribution in [0.25, 0.3) is 0 Å². The molecule has 7 heteroatoms. The molecular weight excluding hydrogens is 222 g/mol. The molecule has 0 bridgehead atoms. The van der Waals surface area contributed by atoms with Gasteiger partial charge in [-0.15, -0.1) is 0 Å². The molecule has 1 aromatic rings. The first kappa shape index (κ1) is 13.2. The Morgan fingerprint density at radius 1 is 1.59 bits per heavy atom. The van der Waals surface area contributed by atoms with Crippen molar-refractivity contribution in [2.24, 2.45) is 0 Å². The number of carbonyl (C=O) groups is 1. The standard InChI is InChI=1S/C10H17N5O2/c1-15(7-10(16)13-3-4-17-2)9-6-12-5-8(11)14-9/h5-6H,3-4,7H2,1-2H3,(H2,11,14)(H,13,16). The van der Waals surface area contributed by atoms with Crippen LogP contribution in [-0.2, 0) is 9.53 Å². The summed E-state index contributed by atoms with van der Waals surface area (Å²) in [5.41, 5.74) is 5.51. The smallest absolute Gasteiger partial charge is 0.239 e. The number of nitrogen functional groups attached to an aromatic ring is 1. The number of likely N-dealkylation sites (N-methyl/N-ethyl adjacent to an activating group) is 1. The van der Waals surface area contributed by atoms with Crippen LogP contribution >= 0.6 is 0 Å². The predicted octanol–water partition coefficient (Wildman–Crippen LogP) is -0.742. The molecule has 17 heavy (non-hydrogen) atoms. The summed E-state index contributed by atoms with van der Waals surface area (Å²) in [5, 5.41) is 2.71. The highest BCUT2D eigenvalue weighted by Gasteiger charge is 2.08. The Morgan fingerprint density at radius 3 is 3.00 bits per heavy atom. The van der Waals surface area contributed by atoms with Gasteiger partial charge in [0.05, 0.1) is 25.5 Å². The molecule has 0 fully saturated rings. The van der Waals surface area contributed by atoms with Crippen molar-refractivity contribution in [2.75, 3.05) is 44.5 Å². The number of methoxy groups -OCH3 is 1. The second-order valence-corrected chi connectivity index (χ2v) is 3.50. The van der Waals surface area contributed by atoms with E-state index in [2.05, 4.69) is 15.3 Å². The Kier molecular flexibility index (Phi) is 5.15. The second-order valence-electron chi connectivity index (χ2n) is 3.50. The Labute approximate surface area is 100.0 Å². The number of anilines is 2. The minimum absolute atomic E-state index is 0.103. The van der Waals surface area contributed by atoms with Crippen LogP contribution in [0, 0.1) is 0 Å². The first-order valence-corrected chi connectivity index (χ1v) is 5.17. The van der Waals surface area contributed by atoms with Crippen molar-refractivity contribution >= 4 is 17.5 Å². The summed E-state index contributed by atoms with van der Waals surface area (Å²) < 4.78 is 4.83. The molecule has 0 aliphatic carbocycles. The minimum atomic E-state index is -0.103. The van der Waals surface area contributed by atoms with Crippen molar-refractivity contribution in [3.8, 4) is 0 Å². The number of rotatable bonds is 6. The first-order chi connectivity index (χ1) is 8.13. The third kappa shape index (κ3) is 4.64. The van der Waals surface area contributed by atoms with E-state index < -0.39 is 0 Å². The molecule has 0 aromatic carbocycles. The van der Waals surface area contributed by atoms with Gasteiger partial charge in [0, 0.05) is 20.7 Å². The van der Waals surface area contributed by atoms with Gasteiger partial charge in [0.25, 0.3) is 0 Å². The highest BCUT2D eigenvalue weighted by atomic mass is 16.5. The van der Waals surface area contributed by atoms with E-state index >= 15 is 0 Å². The molecule has 0 unspecified atom stereocenters. The topological polar surface area (TPSA) is 93.4 Å². The molecular formula is C10H17N5O2. The quantitative estimate of drug-likeness (QED) is 0.635. The summed E-state index contributed by atoms with van der Waals surface area (Å²) in [4.78, 5) is 21.1. The fourth-order valence-electron chi connectivity index (χ4n) is 1.20. The molecule has 0 aliphatic heterocycles. The number of hydrogen-bond donors (Lipinski definition) is 2. The molecule has 1 heterocycles. The van der Waals surface area contributed by atoms with Crippen LogP contribution in [0.1, 0.15) is 0 Å². The van der Waals surface area contributed by atoms with Gasteiger partial charge in [-0.25, -0.2) is 4.98 Å².